The van der Waals surface area contributed by atoms with Crippen LogP contribution in [0.3, 0.4) is 0 Å². The highest BCUT2D eigenvalue weighted by molar-refractivity contribution is 5.91. The molecule has 1 heterocycles. The smallest absolute Gasteiger partial charge is 0.419 e. The highest BCUT2D eigenvalue weighted by atomic mass is 19.4. The molecule has 162 valence electrons. The molecule has 1 aliphatic rings. The van der Waals surface area contributed by atoms with E-state index in [1.165, 1.54) is 37.3 Å². The number of phenolic OH excluding ortho intramolecular Hbond substituents is 1. The molecule has 0 spiro atoms. The lowest BCUT2D eigenvalue weighted by Gasteiger charge is -2.44. The summed E-state index contributed by atoms with van der Waals surface area (Å²) in [7, 11) is 0. The number of aromatic hydroxyl groups is 1. The number of hydrogen-bond donors (Lipinski definition) is 4. The van der Waals surface area contributed by atoms with Crippen molar-refractivity contribution in [3.05, 3.63) is 75.8 Å². The van der Waals surface area contributed by atoms with Crippen molar-refractivity contribution in [2.45, 2.75) is 31.2 Å². The monoisotopic (exact) mass is 434 g/mol. The minimum atomic E-state index is -5.05. The van der Waals surface area contributed by atoms with Gasteiger partial charge in [0.05, 0.1) is 11.6 Å². The van der Waals surface area contributed by atoms with Crippen LogP contribution in [0.2, 0.25) is 0 Å². The van der Waals surface area contributed by atoms with Crippen LogP contribution >= 0.6 is 0 Å². The molecule has 0 bridgehead atoms. The fourth-order valence-corrected chi connectivity index (χ4v) is 4.03. The first-order valence-corrected chi connectivity index (χ1v) is 9.41. The number of rotatable bonds is 2. The van der Waals surface area contributed by atoms with Gasteiger partial charge in [-0.1, -0.05) is 12.1 Å². The van der Waals surface area contributed by atoms with Crippen LogP contribution in [0.25, 0.3) is 16.5 Å². The molecule has 1 aliphatic carbocycles. The van der Waals surface area contributed by atoms with Crippen LogP contribution < -0.4 is 10.9 Å². The molecule has 31 heavy (non-hydrogen) atoms. The molecule has 2 aromatic carbocycles. The maximum absolute atomic E-state index is 14.2. The van der Waals surface area contributed by atoms with Gasteiger partial charge in [0.25, 0.3) is 0 Å². The van der Waals surface area contributed by atoms with Crippen molar-refractivity contribution < 1.29 is 27.8 Å². The van der Waals surface area contributed by atoms with E-state index < -0.39 is 35.8 Å². The largest absolute Gasteiger partial charge is 0.505 e. The highest BCUT2D eigenvalue weighted by Gasteiger charge is 2.61. The highest BCUT2D eigenvalue weighted by Crippen LogP contribution is 2.53. The summed E-state index contributed by atoms with van der Waals surface area (Å²) in [6, 6.07) is 7.38. The number of aromatic amines is 1. The number of aromatic nitrogens is 1. The zero-order valence-electron chi connectivity index (χ0n) is 16.2. The van der Waals surface area contributed by atoms with Gasteiger partial charge in [0.15, 0.2) is 17.2 Å². The van der Waals surface area contributed by atoms with Crippen molar-refractivity contribution in [3.63, 3.8) is 0 Å². The zero-order valence-corrected chi connectivity index (χ0v) is 16.2. The molecule has 9 heteroatoms. The Kier molecular flexibility index (Phi) is 4.81. The molecule has 0 unspecified atom stereocenters. The molecule has 3 aromatic rings. The summed E-state index contributed by atoms with van der Waals surface area (Å²) >= 11 is 0. The number of anilines is 1. The van der Waals surface area contributed by atoms with Gasteiger partial charge in [0.2, 0.25) is 5.56 Å². The van der Waals surface area contributed by atoms with Crippen molar-refractivity contribution in [1.29, 1.82) is 0 Å². The molecule has 5 nitrogen and oxygen atoms in total. The molecule has 0 amide bonds. The molecule has 2 atom stereocenters. The van der Waals surface area contributed by atoms with Crippen LogP contribution in [0.5, 0.6) is 5.75 Å². The summed E-state index contributed by atoms with van der Waals surface area (Å²) in [4.78, 5) is 14.2. The second-order valence-corrected chi connectivity index (χ2v) is 7.47. The van der Waals surface area contributed by atoms with E-state index in [1.54, 1.807) is 6.07 Å². The Bertz CT molecular complexity index is 1270. The summed E-state index contributed by atoms with van der Waals surface area (Å²) in [5, 5.41) is 23.8. The second kappa shape index (κ2) is 7.12. The number of pyridine rings is 1. The molecule has 0 saturated carbocycles. The molecular formula is C22H18F4N2O3. The van der Waals surface area contributed by atoms with E-state index >= 15 is 0 Å². The van der Waals surface area contributed by atoms with E-state index in [9.17, 15) is 32.6 Å². The first-order chi connectivity index (χ1) is 14.5. The molecule has 0 radical (unpaired) electrons. The SMILES string of the molecule is CC=C1C[C@](O)(C(F)(F)F)[C@H](Nc2cccc3[nH]c(=O)ccc23)c2cc(F)c(O)cc21. The summed E-state index contributed by atoms with van der Waals surface area (Å²) < 4.78 is 56.6. The number of aliphatic hydroxyl groups is 1. The average Bonchev–Trinajstić information content (AvgIpc) is 2.70. The van der Waals surface area contributed by atoms with E-state index in [1.807, 2.05) is 0 Å². The number of halogens is 4. The van der Waals surface area contributed by atoms with Gasteiger partial charge in [0, 0.05) is 23.6 Å². The molecule has 0 fully saturated rings. The van der Waals surface area contributed by atoms with Crippen LogP contribution in [0.4, 0.5) is 23.2 Å². The summed E-state index contributed by atoms with van der Waals surface area (Å²) in [6.07, 6.45) is -4.44. The zero-order chi connectivity index (χ0) is 22.6. The third-order valence-corrected chi connectivity index (χ3v) is 5.62. The van der Waals surface area contributed by atoms with E-state index in [-0.39, 0.29) is 27.9 Å². The maximum Gasteiger partial charge on any atom is 0.419 e. The molecule has 1 aromatic heterocycles. The predicted molar refractivity (Wildman–Crippen MR) is 108 cm³/mol. The quantitative estimate of drug-likeness (QED) is 0.443. The van der Waals surface area contributed by atoms with E-state index in [2.05, 4.69) is 10.3 Å². The van der Waals surface area contributed by atoms with Gasteiger partial charge in [-0.3, -0.25) is 4.79 Å². The third-order valence-electron chi connectivity index (χ3n) is 5.62. The summed E-state index contributed by atoms with van der Waals surface area (Å²) in [5.41, 5.74) is -2.84. The van der Waals surface area contributed by atoms with Crippen LogP contribution in [-0.4, -0.2) is 27.0 Å². The Hall–Kier alpha value is -3.33. The standard InChI is InChI=1S/C22H18F4N2O3/c1-2-11-10-21(31,22(24,25)26)20(14-8-15(23)18(29)9-13(11)14)28-17-5-3-4-16-12(17)6-7-19(30)27-16/h2-9,20,28-29,31H,10H2,1H3,(H,27,30)/t20-,21-/m1/s1. The van der Waals surface area contributed by atoms with E-state index in [0.29, 0.717) is 10.9 Å². The van der Waals surface area contributed by atoms with Crippen molar-refractivity contribution in [3.8, 4) is 5.75 Å². The van der Waals surface area contributed by atoms with Crippen LogP contribution in [0.1, 0.15) is 30.5 Å². The minimum Gasteiger partial charge on any atom is -0.505 e. The van der Waals surface area contributed by atoms with Gasteiger partial charge in [-0.15, -0.1) is 0 Å². The Morgan fingerprint density at radius 1 is 1.23 bits per heavy atom. The Balaban J connectivity index is 1.96. The number of phenols is 1. The number of alkyl halides is 3. The second-order valence-electron chi connectivity index (χ2n) is 7.47. The van der Waals surface area contributed by atoms with Crippen molar-refractivity contribution in [2.24, 2.45) is 0 Å². The number of fused-ring (bicyclic) bond motifs is 2. The first-order valence-electron chi connectivity index (χ1n) is 9.41. The fraction of sp³-hybridized carbons (Fsp3) is 0.227. The normalized spacial score (nSPS) is 22.5. The van der Waals surface area contributed by atoms with Crippen molar-refractivity contribution >= 4 is 22.2 Å². The van der Waals surface area contributed by atoms with Crippen molar-refractivity contribution in [1.82, 2.24) is 4.98 Å². The Morgan fingerprint density at radius 3 is 2.65 bits per heavy atom. The third kappa shape index (κ3) is 3.34. The topological polar surface area (TPSA) is 85.4 Å². The summed E-state index contributed by atoms with van der Waals surface area (Å²) in [6.45, 7) is 1.51. The number of hydrogen-bond acceptors (Lipinski definition) is 4. The van der Waals surface area contributed by atoms with Gasteiger partial charge in [-0.25, -0.2) is 4.39 Å². The van der Waals surface area contributed by atoms with Gasteiger partial charge in [0.1, 0.15) is 0 Å². The van der Waals surface area contributed by atoms with Gasteiger partial charge in [-0.2, -0.15) is 13.2 Å². The maximum atomic E-state index is 14.2. The van der Waals surface area contributed by atoms with Gasteiger partial charge >= 0.3 is 6.18 Å². The van der Waals surface area contributed by atoms with Gasteiger partial charge < -0.3 is 20.5 Å². The predicted octanol–water partition coefficient (Wildman–Crippen LogP) is 4.63. The van der Waals surface area contributed by atoms with Crippen molar-refractivity contribution in [2.75, 3.05) is 5.32 Å². The molecule has 0 aliphatic heterocycles. The Morgan fingerprint density at radius 2 is 1.97 bits per heavy atom. The molecule has 4 rings (SSSR count). The van der Waals surface area contributed by atoms with Crippen LogP contribution in [0.15, 0.2) is 53.3 Å². The first kappa shape index (κ1) is 20.9. The number of H-pyrrole nitrogens is 1. The van der Waals surface area contributed by atoms with E-state index in [0.717, 1.165) is 12.1 Å². The lowest BCUT2D eigenvalue weighted by molar-refractivity contribution is -0.265. The Labute approximate surface area is 173 Å². The number of allylic oxidation sites excluding steroid dienone is 1. The molecular weight excluding hydrogens is 416 g/mol. The van der Waals surface area contributed by atoms with E-state index in [4.69, 9.17) is 0 Å². The van der Waals surface area contributed by atoms with Crippen LogP contribution in [0, 0.1) is 5.82 Å². The number of nitrogens with one attached hydrogen (secondary N) is 2. The van der Waals surface area contributed by atoms with Crippen LogP contribution in [-0.2, 0) is 0 Å². The lowest BCUT2D eigenvalue weighted by atomic mass is 9.72. The average molecular weight is 434 g/mol. The number of benzene rings is 2. The fourth-order valence-electron chi connectivity index (χ4n) is 4.03. The molecule has 0 saturated heterocycles. The minimum absolute atomic E-state index is 0.130. The van der Waals surface area contributed by atoms with Gasteiger partial charge in [-0.05, 0) is 54.0 Å². The summed E-state index contributed by atoms with van der Waals surface area (Å²) in [5.74, 6) is -1.80. The lowest BCUT2D eigenvalue weighted by Crippen LogP contribution is -2.54. The molecule has 4 N–H and O–H groups in total.